The maximum atomic E-state index is 10.7. The summed E-state index contributed by atoms with van der Waals surface area (Å²) in [5.74, 6) is 0.176. The van der Waals surface area contributed by atoms with Crippen LogP contribution >= 0.6 is 0 Å². The minimum absolute atomic E-state index is 0.0257. The number of aryl methyl sites for hydroxylation is 1. The summed E-state index contributed by atoms with van der Waals surface area (Å²) in [5.41, 5.74) is 1.62. The smallest absolute Gasteiger partial charge is 0.307 e. The Labute approximate surface area is 117 Å². The highest BCUT2D eigenvalue weighted by Crippen LogP contribution is 2.21. The number of hydrogen-bond acceptors (Lipinski definition) is 4. The van der Waals surface area contributed by atoms with Crippen LogP contribution in [0.4, 0.5) is 0 Å². The van der Waals surface area contributed by atoms with Crippen LogP contribution in [0.3, 0.4) is 0 Å². The largest absolute Gasteiger partial charge is 0.481 e. The van der Waals surface area contributed by atoms with Crippen molar-refractivity contribution in [2.75, 3.05) is 0 Å². The standard InChI is InChI=1S/C15H16N2O3/c1-2-4-12-9-14(17-10-16-12)20-13-6-3-5-11(7-13)8-15(18)19/h3,5-7,9-10H,2,4,8H2,1H3,(H,18,19). The van der Waals surface area contributed by atoms with Gasteiger partial charge in [-0.15, -0.1) is 0 Å². The van der Waals surface area contributed by atoms with Crippen LogP contribution in [0.5, 0.6) is 11.6 Å². The zero-order chi connectivity index (χ0) is 14.4. The second-order valence-electron chi connectivity index (χ2n) is 4.42. The minimum Gasteiger partial charge on any atom is -0.481 e. The zero-order valence-corrected chi connectivity index (χ0v) is 11.2. The molecule has 0 aliphatic heterocycles. The number of benzene rings is 1. The van der Waals surface area contributed by atoms with Gasteiger partial charge in [0, 0.05) is 11.8 Å². The number of carboxylic acid groups (broad SMARTS) is 1. The molecular formula is C15H16N2O3. The molecule has 0 saturated carbocycles. The van der Waals surface area contributed by atoms with Crippen molar-refractivity contribution in [1.29, 1.82) is 0 Å². The summed E-state index contributed by atoms with van der Waals surface area (Å²) in [6.07, 6.45) is 3.33. The molecule has 0 fully saturated rings. The van der Waals surface area contributed by atoms with Gasteiger partial charge in [0.05, 0.1) is 6.42 Å². The van der Waals surface area contributed by atoms with Gasteiger partial charge in [0.25, 0.3) is 0 Å². The van der Waals surface area contributed by atoms with E-state index >= 15 is 0 Å². The van der Waals surface area contributed by atoms with Crippen LogP contribution in [0.15, 0.2) is 36.7 Å². The fraction of sp³-hybridized carbons (Fsp3) is 0.267. The lowest BCUT2D eigenvalue weighted by molar-refractivity contribution is -0.136. The normalized spacial score (nSPS) is 10.2. The Balaban J connectivity index is 2.13. The van der Waals surface area contributed by atoms with E-state index in [-0.39, 0.29) is 6.42 Å². The Kier molecular flexibility index (Phi) is 4.65. The lowest BCUT2D eigenvalue weighted by Crippen LogP contribution is -2.00. The van der Waals surface area contributed by atoms with Crippen molar-refractivity contribution in [2.24, 2.45) is 0 Å². The first kappa shape index (κ1) is 14.0. The molecule has 1 N–H and O–H groups in total. The van der Waals surface area contributed by atoms with Gasteiger partial charge >= 0.3 is 5.97 Å². The molecule has 1 aromatic heterocycles. The molecule has 0 saturated heterocycles. The molecule has 0 atom stereocenters. The van der Waals surface area contributed by atoms with Gasteiger partial charge in [0.1, 0.15) is 12.1 Å². The maximum Gasteiger partial charge on any atom is 0.307 e. The van der Waals surface area contributed by atoms with Gasteiger partial charge in [-0.3, -0.25) is 4.79 Å². The third kappa shape index (κ3) is 4.05. The summed E-state index contributed by atoms with van der Waals surface area (Å²) in [5, 5.41) is 8.78. The third-order valence-corrected chi connectivity index (χ3v) is 2.68. The van der Waals surface area contributed by atoms with E-state index in [0.717, 1.165) is 18.5 Å². The van der Waals surface area contributed by atoms with E-state index in [1.54, 1.807) is 30.3 Å². The first-order valence-corrected chi connectivity index (χ1v) is 6.47. The molecule has 0 radical (unpaired) electrons. The molecule has 2 rings (SSSR count). The summed E-state index contributed by atoms with van der Waals surface area (Å²) in [7, 11) is 0. The molecular weight excluding hydrogens is 256 g/mol. The molecule has 5 heteroatoms. The van der Waals surface area contributed by atoms with Crippen molar-refractivity contribution in [3.8, 4) is 11.6 Å². The molecule has 1 heterocycles. The van der Waals surface area contributed by atoms with Crippen molar-refractivity contribution in [2.45, 2.75) is 26.2 Å². The van der Waals surface area contributed by atoms with Crippen LogP contribution in [-0.4, -0.2) is 21.0 Å². The van der Waals surface area contributed by atoms with Gasteiger partial charge in [-0.05, 0) is 24.1 Å². The zero-order valence-electron chi connectivity index (χ0n) is 11.2. The number of ether oxygens (including phenoxy) is 1. The average molecular weight is 272 g/mol. The Hall–Kier alpha value is -2.43. The highest BCUT2D eigenvalue weighted by Gasteiger charge is 2.04. The molecule has 0 aliphatic carbocycles. The summed E-state index contributed by atoms with van der Waals surface area (Å²) in [6.45, 7) is 2.08. The van der Waals surface area contributed by atoms with Gasteiger partial charge in [0.15, 0.2) is 0 Å². The minimum atomic E-state index is -0.866. The van der Waals surface area contributed by atoms with E-state index in [2.05, 4.69) is 16.9 Å². The molecule has 20 heavy (non-hydrogen) atoms. The van der Waals surface area contributed by atoms with Gasteiger partial charge in [-0.1, -0.05) is 25.5 Å². The Morgan fingerprint density at radius 1 is 1.30 bits per heavy atom. The third-order valence-electron chi connectivity index (χ3n) is 2.68. The molecule has 0 aliphatic rings. The number of carboxylic acids is 1. The van der Waals surface area contributed by atoms with Crippen molar-refractivity contribution in [3.05, 3.63) is 47.9 Å². The molecule has 2 aromatic rings. The number of aromatic nitrogens is 2. The molecule has 0 amide bonds. The number of hydrogen-bond donors (Lipinski definition) is 1. The van der Waals surface area contributed by atoms with Gasteiger partial charge in [0.2, 0.25) is 5.88 Å². The quantitative estimate of drug-likeness (QED) is 0.875. The molecule has 5 nitrogen and oxygen atoms in total. The highest BCUT2D eigenvalue weighted by molar-refractivity contribution is 5.70. The predicted molar refractivity (Wildman–Crippen MR) is 73.9 cm³/mol. The first-order valence-electron chi connectivity index (χ1n) is 6.47. The Bertz CT molecular complexity index is 599. The van der Waals surface area contributed by atoms with Crippen LogP contribution < -0.4 is 4.74 Å². The van der Waals surface area contributed by atoms with Crippen molar-refractivity contribution < 1.29 is 14.6 Å². The van der Waals surface area contributed by atoms with E-state index in [0.29, 0.717) is 17.2 Å². The van der Waals surface area contributed by atoms with E-state index < -0.39 is 5.97 Å². The second-order valence-corrected chi connectivity index (χ2v) is 4.42. The fourth-order valence-electron chi connectivity index (χ4n) is 1.84. The Morgan fingerprint density at radius 3 is 2.90 bits per heavy atom. The van der Waals surface area contributed by atoms with Crippen molar-refractivity contribution in [3.63, 3.8) is 0 Å². The molecule has 0 spiro atoms. The fourth-order valence-corrected chi connectivity index (χ4v) is 1.84. The summed E-state index contributed by atoms with van der Waals surface area (Å²) in [4.78, 5) is 18.9. The lowest BCUT2D eigenvalue weighted by Gasteiger charge is -2.07. The van der Waals surface area contributed by atoms with Gasteiger partial charge in [-0.2, -0.15) is 0 Å². The van der Waals surface area contributed by atoms with Crippen molar-refractivity contribution in [1.82, 2.24) is 9.97 Å². The van der Waals surface area contributed by atoms with Crippen molar-refractivity contribution >= 4 is 5.97 Å². The van der Waals surface area contributed by atoms with E-state index in [9.17, 15) is 4.79 Å². The predicted octanol–water partition coefficient (Wildman–Crippen LogP) is 2.85. The SMILES string of the molecule is CCCc1cc(Oc2cccc(CC(=O)O)c2)ncn1. The monoisotopic (exact) mass is 272 g/mol. The van der Waals surface area contributed by atoms with Crippen LogP contribution in [0, 0.1) is 0 Å². The van der Waals surface area contributed by atoms with E-state index in [1.807, 2.05) is 0 Å². The van der Waals surface area contributed by atoms with Gasteiger partial charge in [-0.25, -0.2) is 9.97 Å². The molecule has 0 unspecified atom stereocenters. The maximum absolute atomic E-state index is 10.7. The van der Waals surface area contributed by atoms with E-state index in [4.69, 9.17) is 9.84 Å². The van der Waals surface area contributed by atoms with Gasteiger partial charge < -0.3 is 9.84 Å². The summed E-state index contributed by atoms with van der Waals surface area (Å²) in [6, 6.07) is 8.79. The second kappa shape index (κ2) is 6.65. The number of carbonyl (C=O) groups is 1. The van der Waals surface area contributed by atoms with E-state index in [1.165, 1.54) is 6.33 Å². The lowest BCUT2D eigenvalue weighted by atomic mass is 10.1. The van der Waals surface area contributed by atoms with Crippen LogP contribution in [0.1, 0.15) is 24.6 Å². The number of aliphatic carboxylic acids is 1. The topological polar surface area (TPSA) is 72.3 Å². The number of rotatable bonds is 6. The molecule has 0 bridgehead atoms. The van der Waals surface area contributed by atoms with Crippen LogP contribution in [0.25, 0.3) is 0 Å². The summed E-state index contributed by atoms with van der Waals surface area (Å²) < 4.78 is 5.64. The highest BCUT2D eigenvalue weighted by atomic mass is 16.5. The van der Waals surface area contributed by atoms with Crippen LogP contribution in [0.2, 0.25) is 0 Å². The molecule has 1 aromatic carbocycles. The molecule has 104 valence electrons. The van der Waals surface area contributed by atoms with Crippen LogP contribution in [-0.2, 0) is 17.6 Å². The number of nitrogens with zero attached hydrogens (tertiary/aromatic N) is 2. The first-order chi connectivity index (χ1) is 9.67. The summed E-state index contributed by atoms with van der Waals surface area (Å²) >= 11 is 0. The average Bonchev–Trinajstić information content (AvgIpc) is 2.39. The Morgan fingerprint density at radius 2 is 2.15 bits per heavy atom.